The van der Waals surface area contributed by atoms with Gasteiger partial charge in [0.15, 0.2) is 0 Å². The number of carbonyl (C=O) groups is 1. The van der Waals surface area contributed by atoms with Gasteiger partial charge < -0.3 is 20.9 Å². The van der Waals surface area contributed by atoms with E-state index >= 15 is 0 Å². The van der Waals surface area contributed by atoms with E-state index in [0.717, 1.165) is 56.1 Å². The van der Waals surface area contributed by atoms with Crippen LogP contribution in [0.5, 0.6) is 0 Å². The number of hydrogen-bond donors (Lipinski definition) is 3. The van der Waals surface area contributed by atoms with Crippen molar-refractivity contribution in [2.75, 3.05) is 41.3 Å². The van der Waals surface area contributed by atoms with Crippen molar-refractivity contribution in [3.05, 3.63) is 36.0 Å². The molecule has 3 aliphatic rings. The quantitative estimate of drug-likeness (QED) is 0.740. The van der Waals surface area contributed by atoms with Crippen molar-refractivity contribution in [3.63, 3.8) is 0 Å². The van der Waals surface area contributed by atoms with Gasteiger partial charge in [0.2, 0.25) is 5.95 Å². The van der Waals surface area contributed by atoms with E-state index in [1.54, 1.807) is 0 Å². The Morgan fingerprint density at radius 3 is 2.59 bits per heavy atom. The van der Waals surface area contributed by atoms with Gasteiger partial charge in [-0.3, -0.25) is 4.90 Å². The number of benzene rings is 1. The number of piperazine rings is 1. The molecule has 1 saturated carbocycles. The first kappa shape index (κ1) is 18.2. The zero-order valence-electron chi connectivity index (χ0n) is 16.5. The van der Waals surface area contributed by atoms with Crippen molar-refractivity contribution < 1.29 is 4.79 Å². The average Bonchev–Trinajstić information content (AvgIpc) is 3.29. The summed E-state index contributed by atoms with van der Waals surface area (Å²) < 4.78 is 0. The molecule has 8 heteroatoms. The molecule has 0 radical (unpaired) electrons. The maximum absolute atomic E-state index is 12.5. The summed E-state index contributed by atoms with van der Waals surface area (Å²) in [5.74, 6) is 1.27. The molecule has 2 amide bonds. The van der Waals surface area contributed by atoms with Crippen LogP contribution in [-0.2, 0) is 6.54 Å². The molecule has 2 aliphatic heterocycles. The first-order chi connectivity index (χ1) is 14.3. The zero-order valence-corrected chi connectivity index (χ0v) is 16.5. The number of hydrogen-bond acceptors (Lipinski definition) is 6. The first-order valence-electron chi connectivity index (χ1n) is 10.5. The molecule has 3 heterocycles. The topological polar surface area (TPSA) is 85.4 Å². The molecule has 8 nitrogen and oxygen atoms in total. The molecule has 5 rings (SSSR count). The van der Waals surface area contributed by atoms with E-state index in [9.17, 15) is 4.79 Å². The van der Waals surface area contributed by atoms with E-state index < -0.39 is 0 Å². The van der Waals surface area contributed by atoms with Gasteiger partial charge >= 0.3 is 6.03 Å². The molecule has 1 aromatic heterocycles. The van der Waals surface area contributed by atoms with Crippen LogP contribution in [0.15, 0.2) is 30.5 Å². The van der Waals surface area contributed by atoms with Crippen LogP contribution in [0, 0.1) is 0 Å². The van der Waals surface area contributed by atoms with Crippen molar-refractivity contribution in [3.8, 4) is 0 Å². The lowest BCUT2D eigenvalue weighted by Gasteiger charge is -2.33. The molecule has 2 aromatic rings. The number of rotatable bonds is 4. The Labute approximate surface area is 170 Å². The third-order valence-electron chi connectivity index (χ3n) is 6.01. The second-order valence-corrected chi connectivity index (χ2v) is 7.92. The molecule has 0 atom stereocenters. The lowest BCUT2D eigenvalue weighted by Crippen LogP contribution is -2.49. The van der Waals surface area contributed by atoms with Crippen LogP contribution >= 0.6 is 0 Å². The number of amides is 2. The van der Waals surface area contributed by atoms with Gasteiger partial charge in [-0.25, -0.2) is 9.78 Å². The highest BCUT2D eigenvalue weighted by atomic mass is 16.2. The largest absolute Gasteiger partial charge is 0.369 e. The van der Waals surface area contributed by atoms with E-state index in [1.165, 1.54) is 18.5 Å². The number of fused-ring (bicyclic) bond motifs is 1. The Hall–Kier alpha value is -2.87. The number of anilines is 4. The molecule has 152 valence electrons. The van der Waals surface area contributed by atoms with Gasteiger partial charge in [-0.2, -0.15) is 4.98 Å². The molecule has 0 bridgehead atoms. The molecule has 3 N–H and O–H groups in total. The van der Waals surface area contributed by atoms with E-state index in [4.69, 9.17) is 4.98 Å². The van der Waals surface area contributed by atoms with E-state index in [-0.39, 0.29) is 12.1 Å². The fourth-order valence-electron chi connectivity index (χ4n) is 4.45. The van der Waals surface area contributed by atoms with Crippen molar-refractivity contribution in [1.82, 2.24) is 20.6 Å². The van der Waals surface area contributed by atoms with Gasteiger partial charge in [-0.05, 0) is 37.1 Å². The highest BCUT2D eigenvalue weighted by molar-refractivity contribution is 5.94. The second kappa shape index (κ2) is 7.87. The van der Waals surface area contributed by atoms with Gasteiger partial charge in [-0.15, -0.1) is 0 Å². The minimum absolute atomic E-state index is 0.0468. The third kappa shape index (κ3) is 3.72. The fraction of sp³-hybridized carbons (Fsp3) is 0.476. The molecule has 1 aromatic carbocycles. The number of nitrogens with one attached hydrogen (secondary N) is 3. The van der Waals surface area contributed by atoms with Crippen LogP contribution in [0.4, 0.5) is 27.9 Å². The summed E-state index contributed by atoms with van der Waals surface area (Å²) in [6.45, 7) is 4.58. The molecule has 1 saturated heterocycles. The summed E-state index contributed by atoms with van der Waals surface area (Å²) >= 11 is 0. The van der Waals surface area contributed by atoms with Crippen molar-refractivity contribution in [2.45, 2.75) is 38.3 Å². The highest BCUT2D eigenvalue weighted by Crippen LogP contribution is 2.32. The van der Waals surface area contributed by atoms with Gasteiger partial charge in [0.25, 0.3) is 0 Å². The molecular weight excluding hydrogens is 366 g/mol. The van der Waals surface area contributed by atoms with Gasteiger partial charge in [-0.1, -0.05) is 12.8 Å². The summed E-state index contributed by atoms with van der Waals surface area (Å²) in [5, 5.41) is 9.63. The summed E-state index contributed by atoms with van der Waals surface area (Å²) in [4.78, 5) is 25.9. The van der Waals surface area contributed by atoms with E-state index in [0.29, 0.717) is 12.5 Å². The Balaban J connectivity index is 1.35. The normalized spacial score (nSPS) is 19.8. The predicted octanol–water partition coefficient (Wildman–Crippen LogP) is 2.60. The maximum Gasteiger partial charge on any atom is 0.323 e. The average molecular weight is 393 g/mol. The Morgan fingerprint density at radius 2 is 1.83 bits per heavy atom. The van der Waals surface area contributed by atoms with Crippen LogP contribution in [0.25, 0.3) is 0 Å². The predicted molar refractivity (Wildman–Crippen MR) is 114 cm³/mol. The van der Waals surface area contributed by atoms with Crippen LogP contribution in [0.1, 0.15) is 31.2 Å². The number of urea groups is 1. The summed E-state index contributed by atoms with van der Waals surface area (Å²) in [7, 11) is 0. The molecule has 29 heavy (non-hydrogen) atoms. The number of carbonyl (C=O) groups excluding carboxylic acids is 1. The van der Waals surface area contributed by atoms with Crippen LogP contribution in [-0.4, -0.2) is 48.2 Å². The Bertz CT molecular complexity index is 873. The number of aromatic nitrogens is 2. The third-order valence-corrected chi connectivity index (χ3v) is 6.01. The minimum Gasteiger partial charge on any atom is -0.369 e. The van der Waals surface area contributed by atoms with Gasteiger partial charge in [0.1, 0.15) is 5.82 Å². The van der Waals surface area contributed by atoms with Crippen LogP contribution in [0.3, 0.4) is 0 Å². The Morgan fingerprint density at radius 1 is 1.07 bits per heavy atom. The van der Waals surface area contributed by atoms with E-state index in [2.05, 4.69) is 50.1 Å². The SMILES string of the molecule is O=C1NCc2cnc(Nc3ccc(N4CCNCC4)cc3)nc2N1C1CCCC1. The first-order valence-corrected chi connectivity index (χ1v) is 10.5. The smallest absolute Gasteiger partial charge is 0.323 e. The Kier molecular flexibility index (Phi) is 4.93. The maximum atomic E-state index is 12.5. The van der Waals surface area contributed by atoms with E-state index in [1.807, 2.05) is 11.1 Å². The van der Waals surface area contributed by atoms with Crippen molar-refractivity contribution >= 4 is 29.2 Å². The monoisotopic (exact) mass is 393 g/mol. The van der Waals surface area contributed by atoms with Crippen molar-refractivity contribution in [2.24, 2.45) is 0 Å². The molecular formula is C21H27N7O. The van der Waals surface area contributed by atoms with Gasteiger partial charge in [0, 0.05) is 61.9 Å². The second-order valence-electron chi connectivity index (χ2n) is 7.92. The highest BCUT2D eigenvalue weighted by Gasteiger charge is 2.33. The summed E-state index contributed by atoms with van der Waals surface area (Å²) in [6, 6.07) is 8.56. The molecule has 1 aliphatic carbocycles. The number of nitrogens with zero attached hydrogens (tertiary/aromatic N) is 4. The molecule has 0 unspecified atom stereocenters. The van der Waals surface area contributed by atoms with Crippen LogP contribution in [0.2, 0.25) is 0 Å². The lowest BCUT2D eigenvalue weighted by atomic mass is 10.1. The standard InChI is InChI=1S/C21H27N7O/c29-21-24-14-15-13-23-20(26-19(15)28(21)18-3-1-2-4-18)25-16-5-7-17(8-6-16)27-11-9-22-10-12-27/h5-8,13,18,22H,1-4,9-12,14H2,(H,24,29)(H,23,25,26). The minimum atomic E-state index is -0.0468. The van der Waals surface area contributed by atoms with Crippen molar-refractivity contribution in [1.29, 1.82) is 0 Å². The van der Waals surface area contributed by atoms with Crippen LogP contribution < -0.4 is 25.8 Å². The fourth-order valence-corrected chi connectivity index (χ4v) is 4.45. The summed E-state index contributed by atoms with van der Waals surface area (Å²) in [6.07, 6.45) is 6.22. The lowest BCUT2D eigenvalue weighted by molar-refractivity contribution is 0.241. The summed E-state index contributed by atoms with van der Waals surface area (Å²) in [5.41, 5.74) is 3.14. The molecule has 0 spiro atoms. The molecule has 2 fully saturated rings. The zero-order chi connectivity index (χ0) is 19.6. The van der Waals surface area contributed by atoms with Gasteiger partial charge in [0.05, 0.1) is 0 Å².